The molecule has 1 rings (SSSR count). The smallest absolute Gasteiger partial charge is 0.217 e. The summed E-state index contributed by atoms with van der Waals surface area (Å²) in [6, 6.07) is 0. The predicted octanol–water partition coefficient (Wildman–Crippen LogP) is 0.518. The molecule has 0 aromatic heterocycles. The van der Waals surface area contributed by atoms with Gasteiger partial charge < -0.3 is 5.73 Å². The summed E-state index contributed by atoms with van der Waals surface area (Å²) in [5, 5.41) is 0. The van der Waals surface area contributed by atoms with Gasteiger partial charge >= 0.3 is 0 Å². The van der Waals surface area contributed by atoms with Crippen molar-refractivity contribution in [3.63, 3.8) is 0 Å². The first-order valence-corrected chi connectivity index (χ1v) is 2.98. The lowest BCUT2D eigenvalue weighted by Gasteiger charge is -1.87. The Labute approximate surface area is 49.1 Å². The largest absolute Gasteiger partial charge is 0.370 e. The topological polar surface area (TPSA) is 43.1 Å². The van der Waals surface area contributed by atoms with Crippen molar-refractivity contribution in [2.45, 2.75) is 19.8 Å². The zero-order valence-electron chi connectivity index (χ0n) is 5.05. The van der Waals surface area contributed by atoms with Gasteiger partial charge in [0, 0.05) is 6.42 Å². The fraction of sp³-hybridized carbons (Fsp3) is 0.833. The van der Waals surface area contributed by atoms with Crippen molar-refractivity contribution in [3.8, 4) is 0 Å². The highest BCUT2D eigenvalue weighted by atomic mass is 16.1. The second-order valence-electron chi connectivity index (χ2n) is 2.64. The Kier molecular flexibility index (Phi) is 1.24. The molecule has 46 valence electrons. The van der Waals surface area contributed by atoms with Gasteiger partial charge in [0.05, 0.1) is 0 Å². The third-order valence-electron chi connectivity index (χ3n) is 1.74. The van der Waals surface area contributed by atoms with E-state index in [1.54, 1.807) is 0 Å². The number of rotatable bonds is 2. The first kappa shape index (κ1) is 5.60. The molecule has 0 saturated heterocycles. The number of primary amides is 1. The van der Waals surface area contributed by atoms with Crippen molar-refractivity contribution in [3.05, 3.63) is 0 Å². The summed E-state index contributed by atoms with van der Waals surface area (Å²) >= 11 is 0. The molecular formula is C6H11NO. The number of carbonyl (C=O) groups excluding carboxylic acids is 1. The van der Waals surface area contributed by atoms with Crippen LogP contribution in [0.4, 0.5) is 0 Å². The molecule has 0 aromatic rings. The van der Waals surface area contributed by atoms with Crippen LogP contribution < -0.4 is 5.73 Å². The van der Waals surface area contributed by atoms with Gasteiger partial charge in [0.15, 0.2) is 0 Å². The van der Waals surface area contributed by atoms with E-state index in [0.29, 0.717) is 12.3 Å². The molecular weight excluding hydrogens is 102 g/mol. The summed E-state index contributed by atoms with van der Waals surface area (Å²) in [4.78, 5) is 10.2. The molecule has 1 amide bonds. The highest BCUT2D eigenvalue weighted by Gasteiger charge is 2.33. The maximum absolute atomic E-state index is 10.2. The molecule has 0 bridgehead atoms. The SMILES string of the molecule is CC1CC1CC(N)=O. The fourth-order valence-corrected chi connectivity index (χ4v) is 0.942. The van der Waals surface area contributed by atoms with Crippen molar-refractivity contribution in [1.82, 2.24) is 0 Å². The normalized spacial score (nSPS) is 34.6. The van der Waals surface area contributed by atoms with Crippen LogP contribution in [0.2, 0.25) is 0 Å². The molecule has 2 atom stereocenters. The van der Waals surface area contributed by atoms with Gasteiger partial charge in [-0.1, -0.05) is 6.92 Å². The molecule has 0 aliphatic heterocycles. The van der Waals surface area contributed by atoms with Crippen LogP contribution in [0.5, 0.6) is 0 Å². The van der Waals surface area contributed by atoms with Gasteiger partial charge in [-0.2, -0.15) is 0 Å². The third-order valence-corrected chi connectivity index (χ3v) is 1.74. The van der Waals surface area contributed by atoms with Gasteiger partial charge in [-0.15, -0.1) is 0 Å². The Bertz CT molecular complexity index is 111. The molecule has 1 aliphatic carbocycles. The van der Waals surface area contributed by atoms with E-state index in [1.165, 1.54) is 6.42 Å². The van der Waals surface area contributed by atoms with E-state index in [0.717, 1.165) is 5.92 Å². The Morgan fingerprint density at radius 2 is 2.38 bits per heavy atom. The van der Waals surface area contributed by atoms with Gasteiger partial charge in [-0.25, -0.2) is 0 Å². The van der Waals surface area contributed by atoms with E-state index in [-0.39, 0.29) is 5.91 Å². The Morgan fingerprint density at radius 1 is 1.88 bits per heavy atom. The lowest BCUT2D eigenvalue weighted by Crippen LogP contribution is -2.10. The third kappa shape index (κ3) is 1.22. The van der Waals surface area contributed by atoms with E-state index in [2.05, 4.69) is 6.92 Å². The van der Waals surface area contributed by atoms with Crippen LogP contribution in [0.15, 0.2) is 0 Å². The maximum Gasteiger partial charge on any atom is 0.217 e. The van der Waals surface area contributed by atoms with Crippen LogP contribution in [0.25, 0.3) is 0 Å². The Balaban J connectivity index is 2.14. The molecule has 0 spiro atoms. The monoisotopic (exact) mass is 113 g/mol. The minimum absolute atomic E-state index is 0.153. The first-order chi connectivity index (χ1) is 3.70. The van der Waals surface area contributed by atoms with Crippen LogP contribution in [0.1, 0.15) is 19.8 Å². The maximum atomic E-state index is 10.2. The van der Waals surface area contributed by atoms with Crippen molar-refractivity contribution < 1.29 is 4.79 Å². The van der Waals surface area contributed by atoms with Crippen LogP contribution in [-0.2, 0) is 4.79 Å². The second kappa shape index (κ2) is 1.77. The van der Waals surface area contributed by atoms with E-state index in [1.807, 2.05) is 0 Å². The summed E-state index contributed by atoms with van der Waals surface area (Å²) in [6.07, 6.45) is 1.80. The van der Waals surface area contributed by atoms with Gasteiger partial charge in [-0.3, -0.25) is 4.79 Å². The van der Waals surface area contributed by atoms with E-state index in [9.17, 15) is 4.79 Å². The first-order valence-electron chi connectivity index (χ1n) is 2.98. The number of hydrogen-bond acceptors (Lipinski definition) is 1. The van der Waals surface area contributed by atoms with Crippen molar-refractivity contribution in [1.29, 1.82) is 0 Å². The molecule has 2 nitrogen and oxygen atoms in total. The van der Waals surface area contributed by atoms with Gasteiger partial charge in [0.2, 0.25) is 5.91 Å². The molecule has 2 heteroatoms. The van der Waals surface area contributed by atoms with E-state index < -0.39 is 0 Å². The van der Waals surface area contributed by atoms with E-state index >= 15 is 0 Å². The number of amides is 1. The second-order valence-corrected chi connectivity index (χ2v) is 2.64. The van der Waals surface area contributed by atoms with Crippen molar-refractivity contribution in [2.75, 3.05) is 0 Å². The highest BCUT2D eigenvalue weighted by molar-refractivity contribution is 5.74. The summed E-state index contributed by atoms with van der Waals surface area (Å²) in [5.41, 5.74) is 4.96. The lowest BCUT2D eigenvalue weighted by atomic mass is 10.2. The molecule has 0 radical (unpaired) electrons. The van der Waals surface area contributed by atoms with Crippen LogP contribution in [0.3, 0.4) is 0 Å². The standard InChI is InChI=1S/C6H11NO/c1-4-2-5(4)3-6(7)8/h4-5H,2-3H2,1H3,(H2,7,8). The molecule has 2 N–H and O–H groups in total. The molecule has 1 aliphatic rings. The minimum Gasteiger partial charge on any atom is -0.370 e. The summed E-state index contributed by atoms with van der Waals surface area (Å²) < 4.78 is 0. The van der Waals surface area contributed by atoms with Gasteiger partial charge in [-0.05, 0) is 18.3 Å². The summed E-state index contributed by atoms with van der Waals surface area (Å²) in [6.45, 7) is 2.15. The fourth-order valence-electron chi connectivity index (χ4n) is 0.942. The van der Waals surface area contributed by atoms with Gasteiger partial charge in [0.25, 0.3) is 0 Å². The summed E-state index contributed by atoms with van der Waals surface area (Å²) in [7, 11) is 0. The molecule has 0 aromatic carbocycles. The molecule has 1 fully saturated rings. The van der Waals surface area contributed by atoms with Crippen LogP contribution in [0, 0.1) is 11.8 Å². The molecule has 0 heterocycles. The number of hydrogen-bond donors (Lipinski definition) is 1. The zero-order valence-corrected chi connectivity index (χ0v) is 5.05. The zero-order chi connectivity index (χ0) is 6.15. The Hall–Kier alpha value is -0.530. The molecule has 1 saturated carbocycles. The quantitative estimate of drug-likeness (QED) is 0.557. The highest BCUT2D eigenvalue weighted by Crippen LogP contribution is 2.39. The van der Waals surface area contributed by atoms with Gasteiger partial charge in [0.1, 0.15) is 0 Å². The van der Waals surface area contributed by atoms with Crippen LogP contribution >= 0.6 is 0 Å². The predicted molar refractivity (Wildman–Crippen MR) is 31.1 cm³/mol. The van der Waals surface area contributed by atoms with E-state index in [4.69, 9.17) is 5.73 Å². The minimum atomic E-state index is -0.153. The number of carbonyl (C=O) groups is 1. The molecule has 2 unspecified atom stereocenters. The van der Waals surface area contributed by atoms with Crippen LogP contribution in [-0.4, -0.2) is 5.91 Å². The molecule has 8 heavy (non-hydrogen) atoms. The Morgan fingerprint density at radius 3 is 2.50 bits per heavy atom. The van der Waals surface area contributed by atoms with Crippen molar-refractivity contribution >= 4 is 5.91 Å². The average molecular weight is 113 g/mol. The number of nitrogens with two attached hydrogens (primary N) is 1. The summed E-state index contributed by atoms with van der Waals surface area (Å²) in [5.74, 6) is 1.22. The van der Waals surface area contributed by atoms with Crippen molar-refractivity contribution in [2.24, 2.45) is 17.6 Å². The average Bonchev–Trinajstić information content (AvgIpc) is 2.17. The lowest BCUT2D eigenvalue weighted by molar-refractivity contribution is -0.118.